The first kappa shape index (κ1) is 33.1. The summed E-state index contributed by atoms with van der Waals surface area (Å²) in [5.41, 5.74) is 0.704. The molecule has 0 unspecified atom stereocenters. The first-order valence-corrected chi connectivity index (χ1v) is 15.2. The molecule has 1 aliphatic heterocycles. The molecule has 2 heterocycles. The van der Waals surface area contributed by atoms with Gasteiger partial charge in [0.1, 0.15) is 29.9 Å². The first-order chi connectivity index (χ1) is 21.0. The van der Waals surface area contributed by atoms with Gasteiger partial charge in [0, 0.05) is 34.2 Å². The monoisotopic (exact) mass is 647 g/mol. The van der Waals surface area contributed by atoms with Crippen LogP contribution in [-0.2, 0) is 44.7 Å². The fourth-order valence-electron chi connectivity index (χ4n) is 4.82. The Kier molecular flexibility index (Phi) is 11.5. The topological polar surface area (TPSA) is 144 Å². The van der Waals surface area contributed by atoms with Crippen LogP contribution in [0.4, 0.5) is 0 Å². The van der Waals surface area contributed by atoms with E-state index in [1.165, 1.54) is 39.5 Å². The molecule has 5 atom stereocenters. The molecule has 1 aliphatic rings. The molecule has 0 radical (unpaired) electrons. The Bertz CT molecular complexity index is 1500. The summed E-state index contributed by atoms with van der Waals surface area (Å²) in [6, 6.07) is 13.9. The summed E-state index contributed by atoms with van der Waals surface area (Å²) in [6.45, 7) is 5.57. The van der Waals surface area contributed by atoms with Gasteiger partial charge in [-0.1, -0.05) is 47.6 Å². The molecule has 0 saturated carbocycles. The number of amides is 1. The molecular formula is C30H34ClN3O9S. The molecule has 2 aromatic carbocycles. The van der Waals surface area contributed by atoms with Gasteiger partial charge in [-0.2, -0.15) is 0 Å². The van der Waals surface area contributed by atoms with Crippen molar-refractivity contribution >= 4 is 58.2 Å². The Balaban J connectivity index is 1.65. The van der Waals surface area contributed by atoms with E-state index < -0.39 is 53.6 Å². The van der Waals surface area contributed by atoms with E-state index in [0.29, 0.717) is 35.5 Å². The number of imidazole rings is 1. The van der Waals surface area contributed by atoms with Crippen molar-refractivity contribution in [3.05, 3.63) is 53.6 Å². The summed E-state index contributed by atoms with van der Waals surface area (Å²) in [7, 11) is 0. The second-order valence-corrected chi connectivity index (χ2v) is 11.5. The Morgan fingerprint density at radius 3 is 2.32 bits per heavy atom. The van der Waals surface area contributed by atoms with Gasteiger partial charge in [-0.3, -0.25) is 19.2 Å². The highest BCUT2D eigenvalue weighted by Gasteiger charge is 2.51. The number of hydrogen-bond donors (Lipinski definition) is 1. The molecule has 0 aliphatic carbocycles. The number of fused-ring (bicyclic) bond motifs is 1. The number of rotatable bonds is 12. The number of para-hydroxylation sites is 3. The average Bonchev–Trinajstić information content (AvgIpc) is 3.30. The van der Waals surface area contributed by atoms with Gasteiger partial charge in [0.2, 0.25) is 5.91 Å². The lowest BCUT2D eigenvalue weighted by atomic mass is 9.97. The highest BCUT2D eigenvalue weighted by molar-refractivity contribution is 7.99. The Hall–Kier alpha value is -3.81. The van der Waals surface area contributed by atoms with E-state index in [-0.39, 0.29) is 6.61 Å². The molecule has 1 saturated heterocycles. The predicted octanol–water partition coefficient (Wildman–Crippen LogP) is 3.91. The number of aromatic nitrogens is 2. The number of halogens is 1. The zero-order valence-corrected chi connectivity index (χ0v) is 26.3. The third-order valence-electron chi connectivity index (χ3n) is 6.53. The number of ether oxygens (including phenoxy) is 5. The smallest absolute Gasteiger partial charge is 0.303 e. The van der Waals surface area contributed by atoms with Crippen molar-refractivity contribution in [1.82, 2.24) is 14.9 Å². The number of nitrogens with one attached hydrogen (secondary N) is 1. The van der Waals surface area contributed by atoms with Crippen molar-refractivity contribution in [3.63, 3.8) is 0 Å². The zero-order valence-electron chi connectivity index (χ0n) is 24.7. The molecule has 4 rings (SSSR count). The quantitative estimate of drug-likeness (QED) is 0.174. The zero-order chi connectivity index (χ0) is 31.8. The van der Waals surface area contributed by atoms with Crippen molar-refractivity contribution in [3.8, 4) is 5.75 Å². The molecule has 14 heteroatoms. The average molecular weight is 648 g/mol. The van der Waals surface area contributed by atoms with E-state index in [1.54, 1.807) is 12.1 Å². The molecule has 0 bridgehead atoms. The third kappa shape index (κ3) is 8.64. The number of esters is 3. The molecule has 12 nitrogen and oxygen atoms in total. The van der Waals surface area contributed by atoms with Gasteiger partial charge in [-0.25, -0.2) is 4.98 Å². The summed E-state index contributed by atoms with van der Waals surface area (Å²) in [6.07, 6.45) is -2.74. The first-order valence-electron chi connectivity index (χ1n) is 13.9. The second-order valence-electron chi connectivity index (χ2n) is 10.0. The van der Waals surface area contributed by atoms with E-state index in [2.05, 4.69) is 5.32 Å². The van der Waals surface area contributed by atoms with E-state index in [1.807, 2.05) is 41.0 Å². The predicted molar refractivity (Wildman–Crippen MR) is 161 cm³/mol. The standard InChI is InChI=1S/C30H34ClN3O9S/c1-17(35)32-26-28(42-20(4)38)27(41-19(3)37)25(16-40-18(2)36)43-29(26)44-30-33-22-11-6-7-12-23(22)34(30)14-9-15-39-24-13-8-5-10-21(24)31/h5-8,10-13,25-29H,9,14-16H2,1-4H3,(H,32,35)/t25-,26-,27-,28-,29+/m1/s1. The summed E-state index contributed by atoms with van der Waals surface area (Å²) in [4.78, 5) is 53.1. The number of carbonyl (C=O) groups is 4. The van der Waals surface area contributed by atoms with Gasteiger partial charge in [-0.15, -0.1) is 0 Å². The maximum absolute atomic E-state index is 12.4. The number of aryl methyl sites for hydroxylation is 1. The summed E-state index contributed by atoms with van der Waals surface area (Å²) in [5.74, 6) is -1.74. The SMILES string of the molecule is CC(=O)N[C@@H]1[C@@H](OC(C)=O)[C@H](OC(C)=O)[C@@H](COC(C)=O)O[C@H]1Sc1nc2ccccc2n1CCCOc1ccccc1Cl. The number of carbonyl (C=O) groups excluding carboxylic acids is 4. The lowest BCUT2D eigenvalue weighted by Crippen LogP contribution is -2.65. The minimum Gasteiger partial charge on any atom is -0.492 e. The maximum Gasteiger partial charge on any atom is 0.303 e. The van der Waals surface area contributed by atoms with E-state index in [4.69, 9.17) is 40.3 Å². The summed E-state index contributed by atoms with van der Waals surface area (Å²) < 4.78 is 30.6. The van der Waals surface area contributed by atoms with Gasteiger partial charge >= 0.3 is 17.9 Å². The minimum absolute atomic E-state index is 0.287. The van der Waals surface area contributed by atoms with Crippen LogP contribution in [0.2, 0.25) is 5.02 Å². The van der Waals surface area contributed by atoms with Crippen LogP contribution in [0.15, 0.2) is 53.7 Å². The number of thioether (sulfide) groups is 1. The van der Waals surface area contributed by atoms with Gasteiger partial charge in [0.05, 0.1) is 22.7 Å². The van der Waals surface area contributed by atoms with Crippen LogP contribution in [-0.4, -0.2) is 76.4 Å². The van der Waals surface area contributed by atoms with Crippen LogP contribution < -0.4 is 10.1 Å². The maximum atomic E-state index is 12.4. The van der Waals surface area contributed by atoms with E-state index >= 15 is 0 Å². The molecule has 0 spiro atoms. The molecule has 3 aromatic rings. The highest BCUT2D eigenvalue weighted by Crippen LogP contribution is 2.37. The van der Waals surface area contributed by atoms with Crippen molar-refractivity contribution in [2.45, 2.75) is 75.6 Å². The lowest BCUT2D eigenvalue weighted by molar-refractivity contribution is -0.211. The molecule has 44 heavy (non-hydrogen) atoms. The second kappa shape index (κ2) is 15.3. The van der Waals surface area contributed by atoms with Gasteiger partial charge in [-0.05, 0) is 30.7 Å². The van der Waals surface area contributed by atoms with Crippen LogP contribution >= 0.6 is 23.4 Å². The highest BCUT2D eigenvalue weighted by atomic mass is 35.5. The molecule has 1 N–H and O–H groups in total. The van der Waals surface area contributed by atoms with Crippen LogP contribution in [0.5, 0.6) is 5.75 Å². The number of benzene rings is 2. The van der Waals surface area contributed by atoms with Crippen LogP contribution in [0.25, 0.3) is 11.0 Å². The molecule has 1 amide bonds. The van der Waals surface area contributed by atoms with Gasteiger partial charge < -0.3 is 33.6 Å². The summed E-state index contributed by atoms with van der Waals surface area (Å²) in [5, 5.41) is 3.87. The fraction of sp³-hybridized carbons (Fsp3) is 0.433. The number of nitrogens with zero attached hydrogens (tertiary/aromatic N) is 2. The van der Waals surface area contributed by atoms with Crippen molar-refractivity contribution in [1.29, 1.82) is 0 Å². The van der Waals surface area contributed by atoms with Gasteiger partial charge in [0.25, 0.3) is 0 Å². The number of hydrogen-bond acceptors (Lipinski definition) is 11. The molecule has 1 fully saturated rings. The Morgan fingerprint density at radius 1 is 0.955 bits per heavy atom. The van der Waals surface area contributed by atoms with Crippen molar-refractivity contribution < 1.29 is 42.9 Å². The summed E-state index contributed by atoms with van der Waals surface area (Å²) >= 11 is 7.42. The molecule has 236 valence electrons. The largest absolute Gasteiger partial charge is 0.492 e. The van der Waals surface area contributed by atoms with Crippen LogP contribution in [0.1, 0.15) is 34.1 Å². The van der Waals surface area contributed by atoms with Crippen LogP contribution in [0.3, 0.4) is 0 Å². The Morgan fingerprint density at radius 2 is 1.64 bits per heavy atom. The van der Waals surface area contributed by atoms with Crippen molar-refractivity contribution in [2.75, 3.05) is 13.2 Å². The molecule has 1 aromatic heterocycles. The minimum atomic E-state index is -1.18. The third-order valence-corrected chi connectivity index (χ3v) is 8.00. The van der Waals surface area contributed by atoms with Crippen LogP contribution in [0, 0.1) is 0 Å². The van der Waals surface area contributed by atoms with Crippen molar-refractivity contribution in [2.24, 2.45) is 0 Å². The van der Waals surface area contributed by atoms with E-state index in [9.17, 15) is 19.2 Å². The fourth-order valence-corrected chi connectivity index (χ4v) is 6.26. The molecular weight excluding hydrogens is 614 g/mol. The Labute approximate surface area is 263 Å². The normalized spacial score (nSPS) is 21.3. The van der Waals surface area contributed by atoms with E-state index in [0.717, 1.165) is 11.0 Å². The lowest BCUT2D eigenvalue weighted by Gasteiger charge is -2.44. The van der Waals surface area contributed by atoms with Gasteiger partial charge in [0.15, 0.2) is 17.4 Å².